The number of halogens is 2. The Hall–Kier alpha value is -1.51. The molecule has 0 saturated heterocycles. The van der Waals surface area contributed by atoms with Gasteiger partial charge in [0.05, 0.1) is 12.7 Å². The lowest BCUT2D eigenvalue weighted by Crippen LogP contribution is -2.06. The zero-order valence-electron chi connectivity index (χ0n) is 11.2. The molecule has 0 spiro atoms. The molecule has 0 amide bonds. The largest absolute Gasteiger partial charge is 0.465 e. The van der Waals surface area contributed by atoms with Crippen LogP contribution < -0.4 is 0 Å². The van der Waals surface area contributed by atoms with Gasteiger partial charge in [0.2, 0.25) is 0 Å². The average molecular weight is 309 g/mol. The van der Waals surface area contributed by atoms with Crippen LogP contribution in [0.4, 0.5) is 0 Å². The predicted molar refractivity (Wildman–Crippen MR) is 81.8 cm³/mol. The van der Waals surface area contributed by atoms with Gasteiger partial charge in [-0.15, -0.1) is 0 Å². The van der Waals surface area contributed by atoms with Gasteiger partial charge in [0.25, 0.3) is 0 Å². The second-order valence-corrected chi connectivity index (χ2v) is 5.27. The quantitative estimate of drug-likeness (QED) is 0.770. The highest BCUT2D eigenvalue weighted by Gasteiger charge is 2.15. The fourth-order valence-corrected chi connectivity index (χ4v) is 2.56. The highest BCUT2D eigenvalue weighted by atomic mass is 35.5. The summed E-state index contributed by atoms with van der Waals surface area (Å²) in [7, 11) is 1.37. The molecule has 20 heavy (non-hydrogen) atoms. The van der Waals surface area contributed by atoms with E-state index in [9.17, 15) is 4.79 Å². The molecule has 2 rings (SSSR count). The Morgan fingerprint density at radius 1 is 1.15 bits per heavy atom. The summed E-state index contributed by atoms with van der Waals surface area (Å²) in [6, 6.07) is 11.0. The summed E-state index contributed by atoms with van der Waals surface area (Å²) in [5.74, 6) is -0.361. The van der Waals surface area contributed by atoms with E-state index in [-0.39, 0.29) is 5.97 Å². The molecule has 0 aliphatic heterocycles. The summed E-state index contributed by atoms with van der Waals surface area (Å²) in [4.78, 5) is 11.8. The second kappa shape index (κ2) is 6.29. The molecule has 0 unspecified atom stereocenters. The lowest BCUT2D eigenvalue weighted by Gasteiger charge is -2.12. The number of benzene rings is 2. The number of carbonyl (C=O) groups is 1. The molecule has 0 saturated carbocycles. The van der Waals surface area contributed by atoms with Crippen LogP contribution in [0, 0.1) is 6.92 Å². The molecule has 0 atom stereocenters. The van der Waals surface area contributed by atoms with Crippen LogP contribution in [0.1, 0.15) is 27.0 Å². The molecule has 4 heteroatoms. The third kappa shape index (κ3) is 2.97. The first kappa shape index (κ1) is 14.9. The van der Waals surface area contributed by atoms with Crippen molar-refractivity contribution in [3.8, 4) is 0 Å². The maximum absolute atomic E-state index is 11.8. The summed E-state index contributed by atoms with van der Waals surface area (Å²) in [5, 5.41) is 1.23. The standard InChI is InChI=1S/C16H14Cl2O2/c1-10-7-8-14(17)13(15(10)18)9-11-5-3-4-6-12(11)16(19)20-2/h3-8H,9H2,1-2H3. The van der Waals surface area contributed by atoms with E-state index < -0.39 is 0 Å². The van der Waals surface area contributed by atoms with Crippen molar-refractivity contribution in [2.45, 2.75) is 13.3 Å². The normalized spacial score (nSPS) is 10.4. The van der Waals surface area contributed by atoms with Gasteiger partial charge in [-0.25, -0.2) is 4.79 Å². The van der Waals surface area contributed by atoms with E-state index in [1.165, 1.54) is 7.11 Å². The van der Waals surface area contributed by atoms with Crippen LogP contribution in [0.5, 0.6) is 0 Å². The van der Waals surface area contributed by atoms with Crippen LogP contribution in [-0.4, -0.2) is 13.1 Å². The van der Waals surface area contributed by atoms with Crippen molar-refractivity contribution < 1.29 is 9.53 Å². The smallest absolute Gasteiger partial charge is 0.338 e. The van der Waals surface area contributed by atoms with Crippen LogP contribution in [0.25, 0.3) is 0 Å². The molecule has 0 fully saturated rings. The number of rotatable bonds is 3. The number of hydrogen-bond donors (Lipinski definition) is 0. The number of aryl methyl sites for hydroxylation is 1. The van der Waals surface area contributed by atoms with Crippen molar-refractivity contribution in [2.24, 2.45) is 0 Å². The lowest BCUT2D eigenvalue weighted by molar-refractivity contribution is 0.0599. The Morgan fingerprint density at radius 2 is 1.85 bits per heavy atom. The predicted octanol–water partition coefficient (Wildman–Crippen LogP) is 4.68. The van der Waals surface area contributed by atoms with Gasteiger partial charge in [-0.3, -0.25) is 0 Å². The van der Waals surface area contributed by atoms with Crippen molar-refractivity contribution in [2.75, 3.05) is 7.11 Å². The minimum absolute atomic E-state index is 0.361. The molecule has 2 nitrogen and oxygen atoms in total. The minimum atomic E-state index is -0.361. The highest BCUT2D eigenvalue weighted by Crippen LogP contribution is 2.30. The van der Waals surface area contributed by atoms with E-state index in [1.54, 1.807) is 12.1 Å². The Kier molecular flexibility index (Phi) is 4.69. The molecule has 0 aliphatic carbocycles. The van der Waals surface area contributed by atoms with Gasteiger partial charge in [-0.2, -0.15) is 0 Å². The van der Waals surface area contributed by atoms with Gasteiger partial charge in [-0.1, -0.05) is 47.5 Å². The molecule has 0 bridgehead atoms. The number of hydrogen-bond acceptors (Lipinski definition) is 2. The van der Waals surface area contributed by atoms with Crippen LogP contribution in [-0.2, 0) is 11.2 Å². The van der Waals surface area contributed by atoms with E-state index in [0.717, 1.165) is 16.7 Å². The van der Waals surface area contributed by atoms with Crippen LogP contribution in [0.2, 0.25) is 10.0 Å². The second-order valence-electron chi connectivity index (χ2n) is 4.48. The average Bonchev–Trinajstić information content (AvgIpc) is 2.47. The Balaban J connectivity index is 2.46. The Morgan fingerprint density at radius 3 is 2.55 bits per heavy atom. The van der Waals surface area contributed by atoms with Crippen LogP contribution in [0.15, 0.2) is 36.4 Å². The summed E-state index contributed by atoms with van der Waals surface area (Å²) in [5.41, 5.74) is 3.16. The fourth-order valence-electron chi connectivity index (χ4n) is 2.05. The van der Waals surface area contributed by atoms with Crippen LogP contribution in [0.3, 0.4) is 0 Å². The van der Waals surface area contributed by atoms with Gasteiger partial charge in [0.15, 0.2) is 0 Å². The third-order valence-electron chi connectivity index (χ3n) is 3.17. The van der Waals surface area contributed by atoms with E-state index in [4.69, 9.17) is 27.9 Å². The summed E-state index contributed by atoms with van der Waals surface area (Å²) in [6.07, 6.45) is 0.491. The molecule has 0 radical (unpaired) electrons. The maximum Gasteiger partial charge on any atom is 0.338 e. The van der Waals surface area contributed by atoms with Gasteiger partial charge in [-0.05, 0) is 35.7 Å². The van der Waals surface area contributed by atoms with Crippen molar-refractivity contribution >= 4 is 29.2 Å². The number of carbonyl (C=O) groups excluding carboxylic acids is 1. The van der Waals surface area contributed by atoms with E-state index in [1.807, 2.05) is 31.2 Å². The molecule has 2 aromatic rings. The molecular weight excluding hydrogens is 295 g/mol. The molecule has 0 aromatic heterocycles. The molecular formula is C16H14Cl2O2. The van der Waals surface area contributed by atoms with E-state index in [2.05, 4.69) is 0 Å². The van der Waals surface area contributed by atoms with Crippen molar-refractivity contribution in [3.63, 3.8) is 0 Å². The lowest BCUT2D eigenvalue weighted by atomic mass is 9.98. The molecule has 0 aliphatic rings. The first-order valence-electron chi connectivity index (χ1n) is 6.14. The summed E-state index contributed by atoms with van der Waals surface area (Å²) < 4.78 is 4.79. The first-order chi connectivity index (χ1) is 9.54. The number of ether oxygens (including phenoxy) is 1. The van der Waals surface area contributed by atoms with Crippen molar-refractivity contribution in [1.82, 2.24) is 0 Å². The topological polar surface area (TPSA) is 26.3 Å². The Bertz CT molecular complexity index is 651. The maximum atomic E-state index is 11.8. The van der Waals surface area contributed by atoms with Crippen molar-refractivity contribution in [1.29, 1.82) is 0 Å². The molecule has 2 aromatic carbocycles. The SMILES string of the molecule is COC(=O)c1ccccc1Cc1c(Cl)ccc(C)c1Cl. The summed E-state index contributed by atoms with van der Waals surface area (Å²) >= 11 is 12.5. The zero-order valence-corrected chi connectivity index (χ0v) is 12.8. The molecule has 0 N–H and O–H groups in total. The fraction of sp³-hybridized carbons (Fsp3) is 0.188. The Labute approximate surface area is 128 Å². The monoisotopic (exact) mass is 308 g/mol. The van der Waals surface area contributed by atoms with Gasteiger partial charge in [0.1, 0.15) is 0 Å². The molecule has 0 heterocycles. The first-order valence-corrected chi connectivity index (χ1v) is 6.90. The number of esters is 1. The minimum Gasteiger partial charge on any atom is -0.465 e. The van der Waals surface area contributed by atoms with Gasteiger partial charge >= 0.3 is 5.97 Å². The van der Waals surface area contributed by atoms with E-state index in [0.29, 0.717) is 22.0 Å². The van der Waals surface area contributed by atoms with Gasteiger partial charge < -0.3 is 4.74 Å². The zero-order chi connectivity index (χ0) is 14.7. The van der Waals surface area contributed by atoms with Crippen LogP contribution >= 0.6 is 23.2 Å². The van der Waals surface area contributed by atoms with Crippen molar-refractivity contribution in [3.05, 3.63) is 68.7 Å². The summed E-state index contributed by atoms with van der Waals surface area (Å²) in [6.45, 7) is 1.92. The van der Waals surface area contributed by atoms with E-state index >= 15 is 0 Å². The van der Waals surface area contributed by atoms with Gasteiger partial charge in [0, 0.05) is 16.5 Å². The number of methoxy groups -OCH3 is 1. The molecule has 104 valence electrons. The highest BCUT2D eigenvalue weighted by molar-refractivity contribution is 6.36. The third-order valence-corrected chi connectivity index (χ3v) is 4.05.